The van der Waals surface area contributed by atoms with E-state index >= 15 is 0 Å². The van der Waals surface area contributed by atoms with Gasteiger partial charge in [-0.3, -0.25) is 0 Å². The highest BCUT2D eigenvalue weighted by molar-refractivity contribution is 5.67. The van der Waals surface area contributed by atoms with Crippen LogP contribution < -0.4 is 10.6 Å². The van der Waals surface area contributed by atoms with Gasteiger partial charge in [-0.15, -0.1) is 0 Å². The summed E-state index contributed by atoms with van der Waals surface area (Å²) >= 11 is 0. The quantitative estimate of drug-likeness (QED) is 0.892. The van der Waals surface area contributed by atoms with Gasteiger partial charge >= 0.3 is 12.3 Å². The molecule has 8 heteroatoms. The molecule has 0 saturated heterocycles. The lowest BCUT2D eigenvalue weighted by molar-refractivity contribution is -0.141. The first-order chi connectivity index (χ1) is 9.97. The Morgan fingerprint density at radius 1 is 1.32 bits per heavy atom. The molecule has 0 aliphatic rings. The maximum absolute atomic E-state index is 12.4. The lowest BCUT2D eigenvalue weighted by atomic mass is 10.2. The molecule has 0 aromatic carbocycles. The van der Waals surface area contributed by atoms with Crippen molar-refractivity contribution < 1.29 is 22.7 Å². The first-order valence-electron chi connectivity index (χ1n) is 6.74. The predicted octanol–water partition coefficient (Wildman–Crippen LogP) is 3.43. The molecular formula is C14H20F3N3O2. The van der Waals surface area contributed by atoms with E-state index < -0.39 is 23.6 Å². The van der Waals surface area contributed by atoms with Gasteiger partial charge in [0.15, 0.2) is 0 Å². The van der Waals surface area contributed by atoms with Gasteiger partial charge in [0.05, 0.1) is 11.9 Å². The number of anilines is 1. The largest absolute Gasteiger partial charge is 0.444 e. The summed E-state index contributed by atoms with van der Waals surface area (Å²) in [5.41, 5.74) is -1.10. The molecule has 1 aromatic rings. The molecule has 1 rings (SSSR count). The molecule has 1 aromatic heterocycles. The fourth-order valence-electron chi connectivity index (χ4n) is 1.53. The number of nitrogens with zero attached hydrogens (tertiary/aromatic N) is 1. The van der Waals surface area contributed by atoms with Gasteiger partial charge in [-0.25, -0.2) is 9.78 Å². The number of pyridine rings is 1. The lowest BCUT2D eigenvalue weighted by Gasteiger charge is -2.21. The summed E-state index contributed by atoms with van der Waals surface area (Å²) in [5, 5.41) is 5.51. The van der Waals surface area contributed by atoms with Crippen molar-refractivity contribution >= 4 is 11.8 Å². The molecule has 1 amide bonds. The zero-order valence-electron chi connectivity index (χ0n) is 12.9. The molecule has 1 unspecified atom stereocenters. The van der Waals surface area contributed by atoms with Crippen LogP contribution in [0.15, 0.2) is 18.3 Å². The van der Waals surface area contributed by atoms with E-state index in [-0.39, 0.29) is 12.6 Å². The van der Waals surface area contributed by atoms with Crippen LogP contribution in [0.25, 0.3) is 0 Å². The zero-order valence-corrected chi connectivity index (χ0v) is 12.9. The highest BCUT2D eigenvalue weighted by atomic mass is 19.4. The molecule has 0 saturated carbocycles. The Labute approximate surface area is 127 Å². The van der Waals surface area contributed by atoms with E-state index in [9.17, 15) is 18.0 Å². The van der Waals surface area contributed by atoms with Gasteiger partial charge in [0.1, 0.15) is 11.3 Å². The van der Waals surface area contributed by atoms with E-state index in [1.807, 2.05) is 0 Å². The molecule has 5 nitrogen and oxygen atoms in total. The van der Waals surface area contributed by atoms with E-state index in [0.29, 0.717) is 5.69 Å². The fourth-order valence-corrected chi connectivity index (χ4v) is 1.53. The third-order valence-corrected chi connectivity index (χ3v) is 2.42. The summed E-state index contributed by atoms with van der Waals surface area (Å²) in [5.74, 6) is 0. The number of alkyl halides is 3. The zero-order chi connectivity index (χ0) is 17.0. The monoisotopic (exact) mass is 319 g/mol. The van der Waals surface area contributed by atoms with Crippen molar-refractivity contribution in [3.8, 4) is 0 Å². The number of carbonyl (C=O) groups is 1. The smallest absolute Gasteiger partial charge is 0.433 e. The van der Waals surface area contributed by atoms with E-state index in [0.717, 1.165) is 12.3 Å². The normalized spacial score (nSPS) is 13.4. The molecule has 2 N–H and O–H groups in total. The summed E-state index contributed by atoms with van der Waals surface area (Å²) in [6, 6.07) is 1.99. The Hall–Kier alpha value is -1.99. The number of alkyl carbamates (subject to hydrolysis) is 1. The first-order valence-corrected chi connectivity index (χ1v) is 6.74. The average molecular weight is 319 g/mol. The second kappa shape index (κ2) is 6.85. The van der Waals surface area contributed by atoms with Crippen LogP contribution in [-0.4, -0.2) is 29.3 Å². The number of aromatic nitrogens is 1. The van der Waals surface area contributed by atoms with Crippen molar-refractivity contribution in [1.82, 2.24) is 10.3 Å². The van der Waals surface area contributed by atoms with Crippen LogP contribution >= 0.6 is 0 Å². The van der Waals surface area contributed by atoms with Crippen molar-refractivity contribution in [2.45, 2.75) is 45.5 Å². The molecule has 0 radical (unpaired) electrons. The van der Waals surface area contributed by atoms with Gasteiger partial charge in [-0.1, -0.05) is 0 Å². The molecule has 22 heavy (non-hydrogen) atoms. The number of amides is 1. The molecular weight excluding hydrogens is 299 g/mol. The Morgan fingerprint density at radius 3 is 2.41 bits per heavy atom. The van der Waals surface area contributed by atoms with E-state index in [4.69, 9.17) is 4.74 Å². The molecule has 0 aliphatic carbocycles. The Balaban J connectivity index is 2.45. The minimum atomic E-state index is -4.46. The second-order valence-corrected chi connectivity index (χ2v) is 5.86. The summed E-state index contributed by atoms with van der Waals surface area (Å²) in [6.45, 7) is 7.29. The second-order valence-electron chi connectivity index (χ2n) is 5.86. The molecule has 0 fully saturated rings. The fraction of sp³-hybridized carbons (Fsp3) is 0.571. The van der Waals surface area contributed by atoms with Crippen molar-refractivity contribution in [3.05, 3.63) is 24.0 Å². The van der Waals surface area contributed by atoms with Crippen LogP contribution in [0.5, 0.6) is 0 Å². The van der Waals surface area contributed by atoms with E-state index in [1.165, 1.54) is 6.07 Å². The maximum Gasteiger partial charge on any atom is 0.433 e. The number of nitrogens with one attached hydrogen (secondary N) is 2. The van der Waals surface area contributed by atoms with Gasteiger partial charge in [0.2, 0.25) is 0 Å². The van der Waals surface area contributed by atoms with Crippen LogP contribution in [0.4, 0.5) is 23.7 Å². The maximum atomic E-state index is 12.4. The lowest BCUT2D eigenvalue weighted by Crippen LogP contribution is -2.38. The van der Waals surface area contributed by atoms with Crippen molar-refractivity contribution in [2.75, 3.05) is 11.9 Å². The van der Waals surface area contributed by atoms with E-state index in [1.54, 1.807) is 27.7 Å². The molecule has 0 bridgehead atoms. The summed E-state index contributed by atoms with van der Waals surface area (Å²) in [4.78, 5) is 14.8. The number of ether oxygens (including phenoxy) is 1. The standard InChI is InChI=1S/C14H20F3N3O2/c1-9(7-19-12(21)22-13(2,3)4)20-10-5-6-11(18-8-10)14(15,16)17/h5-6,8-9,20H,7H2,1-4H3,(H,19,21). The minimum Gasteiger partial charge on any atom is -0.444 e. The number of hydrogen-bond donors (Lipinski definition) is 2. The molecule has 0 aliphatic heterocycles. The van der Waals surface area contributed by atoms with Crippen LogP contribution in [0.2, 0.25) is 0 Å². The van der Waals surface area contributed by atoms with Crippen LogP contribution in [0.1, 0.15) is 33.4 Å². The van der Waals surface area contributed by atoms with Gasteiger partial charge < -0.3 is 15.4 Å². The van der Waals surface area contributed by atoms with Crippen molar-refractivity contribution in [3.63, 3.8) is 0 Å². The SMILES string of the molecule is CC(CNC(=O)OC(C)(C)C)Nc1ccc(C(F)(F)F)nc1. The third kappa shape index (κ3) is 6.64. The highest BCUT2D eigenvalue weighted by Gasteiger charge is 2.32. The summed E-state index contributed by atoms with van der Waals surface area (Å²) in [6.07, 6.45) is -3.90. The molecule has 1 atom stereocenters. The number of carbonyl (C=O) groups excluding carboxylic acids is 1. The Bertz CT molecular complexity index is 496. The summed E-state index contributed by atoms with van der Waals surface area (Å²) < 4.78 is 42.2. The summed E-state index contributed by atoms with van der Waals surface area (Å²) in [7, 11) is 0. The Morgan fingerprint density at radius 2 is 1.95 bits per heavy atom. The van der Waals surface area contributed by atoms with Gasteiger partial charge in [0, 0.05) is 12.6 Å². The predicted molar refractivity (Wildman–Crippen MR) is 76.6 cm³/mol. The minimum absolute atomic E-state index is 0.203. The van der Waals surface area contributed by atoms with Crippen molar-refractivity contribution in [1.29, 1.82) is 0 Å². The van der Waals surface area contributed by atoms with Crippen LogP contribution in [0, 0.1) is 0 Å². The third-order valence-electron chi connectivity index (χ3n) is 2.42. The number of hydrogen-bond acceptors (Lipinski definition) is 4. The molecule has 1 heterocycles. The van der Waals surface area contributed by atoms with Gasteiger partial charge in [-0.2, -0.15) is 13.2 Å². The van der Waals surface area contributed by atoms with Crippen LogP contribution in [0.3, 0.4) is 0 Å². The van der Waals surface area contributed by atoms with Gasteiger partial charge in [-0.05, 0) is 39.8 Å². The van der Waals surface area contributed by atoms with Crippen LogP contribution in [-0.2, 0) is 10.9 Å². The number of halogens is 3. The van der Waals surface area contributed by atoms with Crippen molar-refractivity contribution in [2.24, 2.45) is 0 Å². The Kier molecular flexibility index (Phi) is 5.62. The van der Waals surface area contributed by atoms with E-state index in [2.05, 4.69) is 15.6 Å². The molecule has 124 valence electrons. The van der Waals surface area contributed by atoms with Gasteiger partial charge in [0.25, 0.3) is 0 Å². The highest BCUT2D eigenvalue weighted by Crippen LogP contribution is 2.27. The first kappa shape index (κ1) is 18.1. The topological polar surface area (TPSA) is 63.2 Å². The average Bonchev–Trinajstić information content (AvgIpc) is 2.34. The molecule has 0 spiro atoms. The number of rotatable bonds is 4.